The molecule has 2 aliphatic rings. The van der Waals surface area contributed by atoms with E-state index in [-0.39, 0.29) is 11.5 Å². The number of H-pyrrole nitrogens is 1. The van der Waals surface area contributed by atoms with Crippen molar-refractivity contribution >= 4 is 17.8 Å². The molecule has 29 heavy (non-hydrogen) atoms. The summed E-state index contributed by atoms with van der Waals surface area (Å²) in [4.78, 5) is 17.0. The smallest absolute Gasteiger partial charge is 0.270 e. The van der Waals surface area contributed by atoms with Crippen molar-refractivity contribution in [1.82, 2.24) is 20.6 Å². The molecule has 8 nitrogen and oxygen atoms in total. The van der Waals surface area contributed by atoms with Crippen LogP contribution in [0.25, 0.3) is 11.3 Å². The van der Waals surface area contributed by atoms with E-state index in [9.17, 15) is 13.6 Å². The lowest BCUT2D eigenvalue weighted by Crippen LogP contribution is -2.27. The Morgan fingerprint density at radius 2 is 2.21 bits per heavy atom. The third kappa shape index (κ3) is 3.49. The highest BCUT2D eigenvalue weighted by Crippen LogP contribution is 2.38. The first-order valence-electron chi connectivity index (χ1n) is 8.76. The summed E-state index contributed by atoms with van der Waals surface area (Å²) in [7, 11) is 1.44. The first kappa shape index (κ1) is 18.8. The van der Waals surface area contributed by atoms with Crippen molar-refractivity contribution in [3.05, 3.63) is 53.6 Å². The van der Waals surface area contributed by atoms with Crippen LogP contribution in [0, 0.1) is 0 Å². The van der Waals surface area contributed by atoms with Crippen molar-refractivity contribution in [2.75, 3.05) is 19.0 Å². The number of aliphatic imine (C=N–C) groups is 1. The molecule has 0 saturated heterocycles. The van der Waals surface area contributed by atoms with Crippen LogP contribution in [0.3, 0.4) is 0 Å². The predicted molar refractivity (Wildman–Crippen MR) is 103 cm³/mol. The van der Waals surface area contributed by atoms with Gasteiger partial charge in [0.15, 0.2) is 5.82 Å². The number of fused-ring (bicyclic) bond motifs is 1. The van der Waals surface area contributed by atoms with Crippen LogP contribution in [0.5, 0.6) is 5.75 Å². The minimum atomic E-state index is -3.03. The summed E-state index contributed by atoms with van der Waals surface area (Å²) >= 11 is 0. The van der Waals surface area contributed by atoms with E-state index in [1.165, 1.54) is 31.5 Å². The molecular formula is C19H18F2N6O2. The first-order valence-corrected chi connectivity index (χ1v) is 8.76. The molecule has 0 aliphatic carbocycles. The zero-order valence-corrected chi connectivity index (χ0v) is 15.7. The molecule has 0 unspecified atom stereocenters. The molecule has 4 rings (SSSR count). The molecule has 0 bridgehead atoms. The van der Waals surface area contributed by atoms with E-state index >= 15 is 0 Å². The molecular weight excluding hydrogens is 382 g/mol. The van der Waals surface area contributed by atoms with E-state index < -0.39 is 5.92 Å². The maximum absolute atomic E-state index is 13.8. The number of aromatic nitrogens is 2. The van der Waals surface area contributed by atoms with Crippen molar-refractivity contribution in [2.24, 2.45) is 4.99 Å². The summed E-state index contributed by atoms with van der Waals surface area (Å²) in [6, 6.07) is 4.08. The maximum atomic E-state index is 13.8. The van der Waals surface area contributed by atoms with Gasteiger partial charge in [-0.2, -0.15) is 5.10 Å². The molecule has 0 spiro atoms. The highest BCUT2D eigenvalue weighted by Gasteiger charge is 2.29. The fourth-order valence-corrected chi connectivity index (χ4v) is 3.11. The quantitative estimate of drug-likeness (QED) is 0.718. The van der Waals surface area contributed by atoms with E-state index in [1.807, 2.05) is 0 Å². The summed E-state index contributed by atoms with van der Waals surface area (Å²) in [5.74, 6) is -2.53. The molecule has 2 aliphatic heterocycles. The number of carbonyl (C=O) groups excluding carboxylic acids is 1. The number of carbonyl (C=O) groups is 1. The number of amides is 1. The minimum Gasteiger partial charge on any atom is -0.496 e. The van der Waals surface area contributed by atoms with Gasteiger partial charge in [0, 0.05) is 37.0 Å². The third-order valence-electron chi connectivity index (χ3n) is 4.58. The third-order valence-corrected chi connectivity index (χ3v) is 4.58. The Bertz CT molecular complexity index is 1050. The number of methoxy groups -OCH3 is 1. The van der Waals surface area contributed by atoms with E-state index in [0.29, 0.717) is 40.6 Å². The van der Waals surface area contributed by atoms with Gasteiger partial charge < -0.3 is 10.1 Å². The topological polar surface area (TPSA) is 94.6 Å². The SMILES string of the molecule is COc1ccc(C(C)(F)F)cc1-c1[nH]ncc1NC(=O)C1=C2N=CC=CN2NC1. The van der Waals surface area contributed by atoms with Crippen LogP contribution in [-0.4, -0.2) is 41.0 Å². The Morgan fingerprint density at radius 3 is 2.97 bits per heavy atom. The number of halogens is 2. The predicted octanol–water partition coefficient (Wildman–Crippen LogP) is 2.77. The Kier molecular flexibility index (Phi) is 4.63. The summed E-state index contributed by atoms with van der Waals surface area (Å²) < 4.78 is 32.9. The summed E-state index contributed by atoms with van der Waals surface area (Å²) in [6.07, 6.45) is 6.51. The minimum absolute atomic E-state index is 0.177. The lowest BCUT2D eigenvalue weighted by Gasteiger charge is -2.16. The number of hydrogen-bond acceptors (Lipinski definition) is 6. The van der Waals surface area contributed by atoms with Crippen LogP contribution in [0.2, 0.25) is 0 Å². The maximum Gasteiger partial charge on any atom is 0.270 e. The van der Waals surface area contributed by atoms with Crippen LogP contribution < -0.4 is 15.5 Å². The molecule has 0 radical (unpaired) electrons. The van der Waals surface area contributed by atoms with E-state index in [4.69, 9.17) is 4.74 Å². The zero-order valence-electron chi connectivity index (χ0n) is 15.7. The number of anilines is 1. The Balaban J connectivity index is 1.67. The van der Waals surface area contributed by atoms with Gasteiger partial charge in [0.2, 0.25) is 0 Å². The van der Waals surface area contributed by atoms with E-state index in [1.54, 1.807) is 23.5 Å². The number of benzene rings is 1. The van der Waals surface area contributed by atoms with E-state index in [2.05, 4.69) is 25.9 Å². The van der Waals surface area contributed by atoms with Gasteiger partial charge in [0.1, 0.15) is 5.75 Å². The molecule has 3 N–H and O–H groups in total. The molecule has 0 fully saturated rings. The molecule has 0 atom stereocenters. The van der Waals surface area contributed by atoms with Crippen molar-refractivity contribution in [2.45, 2.75) is 12.8 Å². The molecule has 3 heterocycles. The van der Waals surface area contributed by atoms with Gasteiger partial charge in [0.05, 0.1) is 30.3 Å². The van der Waals surface area contributed by atoms with Gasteiger partial charge in [-0.25, -0.2) is 19.2 Å². The summed E-state index contributed by atoms with van der Waals surface area (Å²) in [5.41, 5.74) is 4.36. The second-order valence-electron chi connectivity index (χ2n) is 6.54. The van der Waals surface area contributed by atoms with Gasteiger partial charge in [-0.1, -0.05) is 0 Å². The fourth-order valence-electron chi connectivity index (χ4n) is 3.11. The molecule has 1 aromatic carbocycles. The normalized spacial score (nSPS) is 15.7. The second-order valence-corrected chi connectivity index (χ2v) is 6.54. The van der Waals surface area contributed by atoms with Crippen LogP contribution >= 0.6 is 0 Å². The van der Waals surface area contributed by atoms with Crippen molar-refractivity contribution < 1.29 is 18.3 Å². The number of hydrogen-bond donors (Lipinski definition) is 3. The van der Waals surface area contributed by atoms with Crippen LogP contribution in [0.4, 0.5) is 14.5 Å². The van der Waals surface area contributed by atoms with Gasteiger partial charge >= 0.3 is 0 Å². The second kappa shape index (κ2) is 7.13. The summed E-state index contributed by atoms with van der Waals surface area (Å²) in [6.45, 7) is 1.12. The summed E-state index contributed by atoms with van der Waals surface area (Å²) in [5, 5.41) is 11.1. The fraction of sp³-hybridized carbons (Fsp3) is 0.211. The Labute approximate surface area is 164 Å². The number of nitrogens with zero attached hydrogens (tertiary/aromatic N) is 3. The first-order chi connectivity index (χ1) is 13.9. The average Bonchev–Trinajstić information content (AvgIpc) is 3.33. The van der Waals surface area contributed by atoms with Crippen LogP contribution in [0.1, 0.15) is 12.5 Å². The standard InChI is InChI=1S/C19H18F2N6O2/c1-19(20,21)11-4-5-15(29-2)12(8-11)16-14(10-23-26-16)25-18(28)13-9-24-27-7-3-6-22-17(13)27/h3-8,10,24H,9H2,1-2H3,(H,23,26)(H,25,28). The highest BCUT2D eigenvalue weighted by atomic mass is 19.3. The number of ether oxygens (including phenoxy) is 1. The van der Waals surface area contributed by atoms with Crippen LogP contribution in [-0.2, 0) is 10.7 Å². The van der Waals surface area contributed by atoms with Gasteiger partial charge in [-0.15, -0.1) is 0 Å². The average molecular weight is 400 g/mol. The number of alkyl halides is 2. The van der Waals surface area contributed by atoms with Crippen molar-refractivity contribution in [3.63, 3.8) is 0 Å². The van der Waals surface area contributed by atoms with Crippen molar-refractivity contribution in [3.8, 4) is 17.0 Å². The number of rotatable bonds is 5. The molecule has 1 aromatic heterocycles. The molecule has 0 saturated carbocycles. The number of allylic oxidation sites excluding steroid dienone is 1. The Morgan fingerprint density at radius 1 is 1.38 bits per heavy atom. The number of nitrogens with one attached hydrogen (secondary N) is 3. The molecule has 1 amide bonds. The number of hydrazine groups is 1. The lowest BCUT2D eigenvalue weighted by atomic mass is 10.0. The molecule has 10 heteroatoms. The largest absolute Gasteiger partial charge is 0.496 e. The van der Waals surface area contributed by atoms with E-state index in [0.717, 1.165) is 6.92 Å². The van der Waals surface area contributed by atoms with Gasteiger partial charge in [-0.05, 0) is 24.3 Å². The van der Waals surface area contributed by atoms with Crippen LogP contribution in [0.15, 0.2) is 53.1 Å². The van der Waals surface area contributed by atoms with Crippen molar-refractivity contribution in [1.29, 1.82) is 0 Å². The molecule has 2 aromatic rings. The monoisotopic (exact) mass is 400 g/mol. The Hall–Kier alpha value is -3.53. The lowest BCUT2D eigenvalue weighted by molar-refractivity contribution is -0.112. The highest BCUT2D eigenvalue weighted by molar-refractivity contribution is 6.06. The van der Waals surface area contributed by atoms with Gasteiger partial charge in [-0.3, -0.25) is 14.9 Å². The zero-order chi connectivity index (χ0) is 20.6. The number of aromatic amines is 1. The molecule has 150 valence electrons. The van der Waals surface area contributed by atoms with Gasteiger partial charge in [0.25, 0.3) is 11.8 Å².